The summed E-state index contributed by atoms with van der Waals surface area (Å²) in [7, 11) is 0. The Morgan fingerprint density at radius 1 is 0.696 bits per heavy atom. The summed E-state index contributed by atoms with van der Waals surface area (Å²) in [5.74, 6) is 0. The Labute approximate surface area is 137 Å². The van der Waals surface area contributed by atoms with Crippen molar-refractivity contribution in [2.75, 3.05) is 5.43 Å². The molecule has 0 aliphatic carbocycles. The van der Waals surface area contributed by atoms with E-state index in [1.807, 2.05) is 36.4 Å². The number of rotatable bonds is 4. The normalized spacial score (nSPS) is 10.2. The first kappa shape index (κ1) is 15.0. The molecule has 1 N–H and O–H groups in total. The fourth-order valence-electron chi connectivity index (χ4n) is 2.42. The monoisotopic (exact) mass is 300 g/mol. The first-order chi connectivity index (χ1) is 11.2. The Hall–Kier alpha value is -2.87. The van der Waals surface area contributed by atoms with Crippen molar-refractivity contribution < 1.29 is 0 Å². The fraction of sp³-hybridized carbons (Fsp3) is 0.0952. The van der Waals surface area contributed by atoms with Crippen LogP contribution in [0.5, 0.6) is 0 Å². The first-order valence-electron chi connectivity index (χ1n) is 7.76. The standard InChI is InChI=1S/C21H20N2/c1-16-13-14-20(15-17(16)2)22-23-21(18-9-5-3-6-10-18)19-11-7-4-8-12-19/h3-15,22H,1-2H3. The zero-order valence-electron chi connectivity index (χ0n) is 13.5. The molecular formula is C21H20N2. The molecule has 0 bridgehead atoms. The lowest BCUT2D eigenvalue weighted by Crippen LogP contribution is -2.06. The van der Waals surface area contributed by atoms with Gasteiger partial charge in [-0.25, -0.2) is 0 Å². The molecule has 3 aromatic rings. The van der Waals surface area contributed by atoms with Crippen LogP contribution in [0.15, 0.2) is 84.0 Å². The molecule has 0 atom stereocenters. The van der Waals surface area contributed by atoms with Crippen LogP contribution >= 0.6 is 0 Å². The van der Waals surface area contributed by atoms with Crippen molar-refractivity contribution in [2.45, 2.75) is 13.8 Å². The maximum Gasteiger partial charge on any atom is 0.0977 e. The van der Waals surface area contributed by atoms with E-state index in [4.69, 9.17) is 0 Å². The molecule has 0 unspecified atom stereocenters. The van der Waals surface area contributed by atoms with Gasteiger partial charge in [0.15, 0.2) is 0 Å². The Morgan fingerprint density at radius 2 is 1.26 bits per heavy atom. The molecule has 0 aliphatic rings. The van der Waals surface area contributed by atoms with Crippen molar-refractivity contribution in [3.8, 4) is 0 Å². The molecule has 0 fully saturated rings. The van der Waals surface area contributed by atoms with Gasteiger partial charge in [-0.3, -0.25) is 5.43 Å². The van der Waals surface area contributed by atoms with Crippen LogP contribution in [-0.4, -0.2) is 5.71 Å². The van der Waals surface area contributed by atoms with Crippen molar-refractivity contribution in [1.29, 1.82) is 0 Å². The van der Waals surface area contributed by atoms with Gasteiger partial charge in [0, 0.05) is 11.1 Å². The largest absolute Gasteiger partial charge is 0.278 e. The molecule has 114 valence electrons. The summed E-state index contributed by atoms with van der Waals surface area (Å²) in [6.07, 6.45) is 0. The molecule has 0 spiro atoms. The van der Waals surface area contributed by atoms with Crippen LogP contribution in [0.3, 0.4) is 0 Å². The molecule has 0 aliphatic heterocycles. The van der Waals surface area contributed by atoms with E-state index in [0.29, 0.717) is 0 Å². The lowest BCUT2D eigenvalue weighted by atomic mass is 10.0. The predicted molar refractivity (Wildman–Crippen MR) is 98.1 cm³/mol. The quantitative estimate of drug-likeness (QED) is 0.522. The van der Waals surface area contributed by atoms with Gasteiger partial charge in [-0.2, -0.15) is 5.10 Å². The maximum atomic E-state index is 4.67. The van der Waals surface area contributed by atoms with Crippen molar-refractivity contribution in [1.82, 2.24) is 0 Å². The number of nitrogens with zero attached hydrogens (tertiary/aromatic N) is 1. The van der Waals surface area contributed by atoms with Gasteiger partial charge < -0.3 is 0 Å². The van der Waals surface area contributed by atoms with E-state index >= 15 is 0 Å². The van der Waals surface area contributed by atoms with Gasteiger partial charge in [0.25, 0.3) is 0 Å². The highest BCUT2D eigenvalue weighted by atomic mass is 15.3. The van der Waals surface area contributed by atoms with Crippen LogP contribution in [0.1, 0.15) is 22.3 Å². The minimum Gasteiger partial charge on any atom is -0.278 e. The van der Waals surface area contributed by atoms with Crippen LogP contribution in [-0.2, 0) is 0 Å². The third-order valence-electron chi connectivity index (χ3n) is 3.90. The minimum atomic E-state index is 0.935. The second-order valence-corrected chi connectivity index (χ2v) is 5.60. The van der Waals surface area contributed by atoms with Crippen LogP contribution in [0.4, 0.5) is 5.69 Å². The van der Waals surface area contributed by atoms with Crippen LogP contribution in [0, 0.1) is 13.8 Å². The topological polar surface area (TPSA) is 24.4 Å². The van der Waals surface area contributed by atoms with Crippen LogP contribution < -0.4 is 5.43 Å². The number of nitrogens with one attached hydrogen (secondary N) is 1. The molecule has 23 heavy (non-hydrogen) atoms. The lowest BCUT2D eigenvalue weighted by Gasteiger charge is -2.09. The molecule has 3 aromatic carbocycles. The molecule has 0 aromatic heterocycles. The van der Waals surface area contributed by atoms with Gasteiger partial charge in [0.2, 0.25) is 0 Å². The minimum absolute atomic E-state index is 0.935. The van der Waals surface area contributed by atoms with Crippen LogP contribution in [0.25, 0.3) is 0 Å². The number of anilines is 1. The summed E-state index contributed by atoms with van der Waals surface area (Å²) in [6.45, 7) is 4.22. The molecule has 0 saturated heterocycles. The van der Waals surface area contributed by atoms with E-state index in [1.54, 1.807) is 0 Å². The third-order valence-corrected chi connectivity index (χ3v) is 3.90. The van der Waals surface area contributed by atoms with Gasteiger partial charge in [-0.15, -0.1) is 0 Å². The molecule has 0 heterocycles. The number of hydrogen-bond donors (Lipinski definition) is 1. The van der Waals surface area contributed by atoms with E-state index in [0.717, 1.165) is 22.5 Å². The molecule has 0 radical (unpaired) electrons. The lowest BCUT2D eigenvalue weighted by molar-refractivity contribution is 1.28. The van der Waals surface area contributed by atoms with Crippen LogP contribution in [0.2, 0.25) is 0 Å². The smallest absolute Gasteiger partial charge is 0.0977 e. The molecule has 0 amide bonds. The highest BCUT2D eigenvalue weighted by Crippen LogP contribution is 2.16. The van der Waals surface area contributed by atoms with Gasteiger partial charge in [-0.1, -0.05) is 66.7 Å². The summed E-state index contributed by atoms with van der Waals surface area (Å²) < 4.78 is 0. The Bertz CT molecular complexity index is 764. The second-order valence-electron chi connectivity index (χ2n) is 5.60. The zero-order chi connectivity index (χ0) is 16.1. The molecular weight excluding hydrogens is 280 g/mol. The Morgan fingerprint density at radius 3 is 1.78 bits per heavy atom. The van der Waals surface area contributed by atoms with Crippen molar-refractivity contribution in [3.05, 3.63) is 101 Å². The van der Waals surface area contributed by atoms with Gasteiger partial charge in [-0.05, 0) is 37.1 Å². The number of hydrogen-bond acceptors (Lipinski definition) is 2. The summed E-state index contributed by atoms with van der Waals surface area (Å²) in [6, 6.07) is 26.8. The average molecular weight is 300 g/mol. The Kier molecular flexibility index (Phi) is 4.53. The summed E-state index contributed by atoms with van der Waals surface area (Å²) >= 11 is 0. The first-order valence-corrected chi connectivity index (χ1v) is 7.76. The second kappa shape index (κ2) is 6.93. The van der Waals surface area contributed by atoms with E-state index < -0.39 is 0 Å². The Balaban J connectivity index is 1.96. The summed E-state index contributed by atoms with van der Waals surface area (Å²) in [4.78, 5) is 0. The van der Waals surface area contributed by atoms with E-state index in [-0.39, 0.29) is 0 Å². The highest BCUT2D eigenvalue weighted by Gasteiger charge is 2.06. The molecule has 0 saturated carbocycles. The predicted octanol–water partition coefficient (Wildman–Crippen LogP) is 5.17. The van der Waals surface area contributed by atoms with Crippen molar-refractivity contribution >= 4 is 11.4 Å². The van der Waals surface area contributed by atoms with E-state index in [1.165, 1.54) is 11.1 Å². The third kappa shape index (κ3) is 3.67. The molecule has 2 nitrogen and oxygen atoms in total. The van der Waals surface area contributed by atoms with Crippen molar-refractivity contribution in [2.24, 2.45) is 5.10 Å². The van der Waals surface area contributed by atoms with E-state index in [9.17, 15) is 0 Å². The number of benzene rings is 3. The highest BCUT2D eigenvalue weighted by molar-refractivity contribution is 6.13. The maximum absolute atomic E-state index is 4.67. The van der Waals surface area contributed by atoms with Gasteiger partial charge in [0.05, 0.1) is 11.4 Å². The zero-order valence-corrected chi connectivity index (χ0v) is 13.5. The van der Waals surface area contributed by atoms with E-state index in [2.05, 4.69) is 66.8 Å². The van der Waals surface area contributed by atoms with Crippen molar-refractivity contribution in [3.63, 3.8) is 0 Å². The molecule has 2 heteroatoms. The number of hydrazone groups is 1. The van der Waals surface area contributed by atoms with Gasteiger partial charge >= 0.3 is 0 Å². The fourth-order valence-corrected chi connectivity index (χ4v) is 2.42. The van der Waals surface area contributed by atoms with Gasteiger partial charge in [0.1, 0.15) is 0 Å². The molecule has 3 rings (SSSR count). The summed E-state index contributed by atoms with van der Waals surface area (Å²) in [5.41, 5.74) is 9.85. The SMILES string of the molecule is Cc1ccc(NN=C(c2ccccc2)c2ccccc2)cc1C. The summed E-state index contributed by atoms with van der Waals surface area (Å²) in [5, 5.41) is 4.67. The average Bonchev–Trinajstić information content (AvgIpc) is 2.60. The number of aryl methyl sites for hydroxylation is 2.